The molecule has 2 aliphatic carbocycles. The fraction of sp³-hybridized carbons (Fsp3) is 0.684. The van der Waals surface area contributed by atoms with E-state index in [1.807, 2.05) is 26.0 Å². The molecule has 1 saturated carbocycles. The van der Waals surface area contributed by atoms with Gasteiger partial charge in [-0.3, -0.25) is 4.79 Å². The highest BCUT2D eigenvalue weighted by Crippen LogP contribution is 2.71. The highest BCUT2D eigenvalue weighted by Gasteiger charge is 2.82. The number of hydrogen-bond donors (Lipinski definition) is 1. The maximum Gasteiger partial charge on any atom is 0.331 e. The van der Waals surface area contributed by atoms with Crippen molar-refractivity contribution in [3.8, 4) is 0 Å². The number of carbonyl (C=O) groups is 2. The lowest BCUT2D eigenvalue weighted by atomic mass is 9.49. The maximum atomic E-state index is 12.6. The molecule has 0 aromatic rings. The van der Waals surface area contributed by atoms with Crippen molar-refractivity contribution in [2.75, 3.05) is 6.61 Å². The van der Waals surface area contributed by atoms with Gasteiger partial charge in [0.05, 0.1) is 5.41 Å². The van der Waals surface area contributed by atoms with E-state index < -0.39 is 28.5 Å². The van der Waals surface area contributed by atoms with Crippen molar-refractivity contribution >= 4 is 11.9 Å². The Hall–Kier alpha value is -1.66. The first-order valence-corrected chi connectivity index (χ1v) is 8.90. The molecule has 134 valence electrons. The first kappa shape index (κ1) is 15.6. The number of fused-ring (bicyclic) bond motifs is 2. The van der Waals surface area contributed by atoms with E-state index in [0.717, 1.165) is 12.0 Å². The molecule has 0 radical (unpaired) electrons. The number of epoxide rings is 1. The summed E-state index contributed by atoms with van der Waals surface area (Å²) in [6.45, 7) is 5.75. The molecule has 6 heteroatoms. The van der Waals surface area contributed by atoms with Crippen LogP contribution in [0.25, 0.3) is 0 Å². The Balaban J connectivity index is 1.71. The SMILES string of the molecule is CC(CO)C1OC(=O)C=C2C3(C)CC=CC4(C)C(=O)OC(C43)C3OC213. The summed E-state index contributed by atoms with van der Waals surface area (Å²) >= 11 is 0. The van der Waals surface area contributed by atoms with E-state index in [0.29, 0.717) is 0 Å². The summed E-state index contributed by atoms with van der Waals surface area (Å²) in [5, 5.41) is 9.64. The first-order chi connectivity index (χ1) is 11.8. The van der Waals surface area contributed by atoms with E-state index in [2.05, 4.69) is 6.92 Å². The second-order valence-electron chi connectivity index (χ2n) is 8.56. The van der Waals surface area contributed by atoms with Gasteiger partial charge in [0.2, 0.25) is 0 Å². The van der Waals surface area contributed by atoms with E-state index in [1.54, 1.807) is 6.08 Å². The van der Waals surface area contributed by atoms with Crippen molar-refractivity contribution in [2.24, 2.45) is 22.7 Å². The molecule has 3 aliphatic heterocycles. The van der Waals surface area contributed by atoms with Crippen molar-refractivity contribution in [1.82, 2.24) is 0 Å². The summed E-state index contributed by atoms with van der Waals surface area (Å²) in [6.07, 6.45) is 5.01. The summed E-state index contributed by atoms with van der Waals surface area (Å²) in [5.74, 6) is -0.962. The molecule has 6 nitrogen and oxygen atoms in total. The van der Waals surface area contributed by atoms with E-state index in [1.165, 1.54) is 0 Å². The number of allylic oxidation sites excluding steroid dienone is 1. The molecule has 0 aromatic heterocycles. The van der Waals surface area contributed by atoms with Crippen LogP contribution in [-0.4, -0.2) is 47.6 Å². The van der Waals surface area contributed by atoms with Crippen LogP contribution in [0, 0.1) is 22.7 Å². The third kappa shape index (κ3) is 1.55. The third-order valence-corrected chi connectivity index (χ3v) is 7.10. The van der Waals surface area contributed by atoms with Crippen LogP contribution in [0.2, 0.25) is 0 Å². The average molecular weight is 346 g/mol. The Labute approximate surface area is 145 Å². The fourth-order valence-electron chi connectivity index (χ4n) is 5.98. The molecule has 0 aromatic carbocycles. The Kier molecular flexibility index (Phi) is 2.71. The van der Waals surface area contributed by atoms with E-state index in [9.17, 15) is 14.7 Å². The van der Waals surface area contributed by atoms with E-state index in [4.69, 9.17) is 14.2 Å². The number of ether oxygens (including phenoxy) is 3. The van der Waals surface area contributed by atoms with Crippen LogP contribution in [0.3, 0.4) is 0 Å². The summed E-state index contributed by atoms with van der Waals surface area (Å²) in [5.41, 5.74) is -0.986. The Morgan fingerprint density at radius 2 is 2.08 bits per heavy atom. The lowest BCUT2D eigenvalue weighted by Gasteiger charge is -2.52. The number of cyclic esters (lactones) is 1. The second-order valence-corrected chi connectivity index (χ2v) is 8.56. The molecule has 0 bridgehead atoms. The number of hydrogen-bond acceptors (Lipinski definition) is 6. The van der Waals surface area contributed by atoms with Gasteiger partial charge in [-0.25, -0.2) is 4.79 Å². The van der Waals surface area contributed by atoms with Crippen LogP contribution in [-0.2, 0) is 23.8 Å². The van der Waals surface area contributed by atoms with Crippen LogP contribution in [0.4, 0.5) is 0 Å². The molecule has 2 saturated heterocycles. The molecule has 8 atom stereocenters. The Morgan fingerprint density at radius 3 is 2.80 bits per heavy atom. The van der Waals surface area contributed by atoms with Gasteiger partial charge in [0.1, 0.15) is 18.3 Å². The van der Waals surface area contributed by atoms with Gasteiger partial charge in [0.25, 0.3) is 0 Å². The summed E-state index contributed by atoms with van der Waals surface area (Å²) in [7, 11) is 0. The number of aliphatic hydroxyl groups is 1. The van der Waals surface area contributed by atoms with Crippen LogP contribution in [0.5, 0.6) is 0 Å². The third-order valence-electron chi connectivity index (χ3n) is 7.10. The summed E-state index contributed by atoms with van der Waals surface area (Å²) < 4.78 is 17.5. The predicted molar refractivity (Wildman–Crippen MR) is 85.2 cm³/mol. The van der Waals surface area contributed by atoms with Gasteiger partial charge in [-0.15, -0.1) is 0 Å². The van der Waals surface area contributed by atoms with E-state index >= 15 is 0 Å². The maximum absolute atomic E-state index is 12.6. The zero-order valence-corrected chi connectivity index (χ0v) is 14.5. The molecule has 1 spiro atoms. The lowest BCUT2D eigenvalue weighted by Crippen LogP contribution is -2.60. The van der Waals surface area contributed by atoms with Crippen molar-refractivity contribution in [1.29, 1.82) is 0 Å². The van der Waals surface area contributed by atoms with Crippen LogP contribution in [0.15, 0.2) is 23.8 Å². The predicted octanol–water partition coefficient (Wildman–Crippen LogP) is 1.13. The van der Waals surface area contributed by atoms with Gasteiger partial charge in [0.15, 0.2) is 5.60 Å². The van der Waals surface area contributed by atoms with Crippen molar-refractivity contribution in [3.05, 3.63) is 23.8 Å². The van der Waals surface area contributed by atoms with Gasteiger partial charge in [0, 0.05) is 29.9 Å². The van der Waals surface area contributed by atoms with Crippen LogP contribution < -0.4 is 0 Å². The van der Waals surface area contributed by atoms with Crippen molar-refractivity contribution in [3.63, 3.8) is 0 Å². The first-order valence-electron chi connectivity index (χ1n) is 8.90. The molecule has 1 N–H and O–H groups in total. The molecular formula is C19H22O6. The zero-order chi connectivity index (χ0) is 17.8. The van der Waals surface area contributed by atoms with Gasteiger partial charge in [-0.2, -0.15) is 0 Å². The minimum Gasteiger partial charge on any atom is -0.458 e. The van der Waals surface area contributed by atoms with Gasteiger partial charge < -0.3 is 19.3 Å². The fourth-order valence-corrected chi connectivity index (χ4v) is 5.98. The smallest absolute Gasteiger partial charge is 0.331 e. The monoisotopic (exact) mass is 346 g/mol. The van der Waals surface area contributed by atoms with E-state index in [-0.39, 0.29) is 36.6 Å². The Morgan fingerprint density at radius 1 is 1.32 bits per heavy atom. The lowest BCUT2D eigenvalue weighted by molar-refractivity contribution is -0.155. The Bertz CT molecular complexity index is 755. The topological polar surface area (TPSA) is 85.4 Å². The molecule has 5 aliphatic rings. The minimum absolute atomic E-state index is 0.0691. The van der Waals surface area contributed by atoms with Gasteiger partial charge >= 0.3 is 11.9 Å². The zero-order valence-electron chi connectivity index (χ0n) is 14.5. The van der Waals surface area contributed by atoms with Crippen molar-refractivity contribution in [2.45, 2.75) is 51.1 Å². The molecule has 25 heavy (non-hydrogen) atoms. The molecule has 0 amide bonds. The van der Waals surface area contributed by atoms with Crippen LogP contribution in [0.1, 0.15) is 27.2 Å². The normalized spacial score (nSPS) is 53.0. The second kappa shape index (κ2) is 4.35. The van der Waals surface area contributed by atoms with Crippen LogP contribution >= 0.6 is 0 Å². The number of rotatable bonds is 2. The standard InChI is InChI=1S/C19H22O6/c1-9(8-20)14-19-10(7-11(21)23-14)17(2)5-4-6-18(3)13(17)12(15(19)25-19)24-16(18)22/h4,6-7,9,12-15,20H,5,8H2,1-3H3. The van der Waals surface area contributed by atoms with Crippen molar-refractivity contribution < 1.29 is 28.9 Å². The summed E-state index contributed by atoms with van der Waals surface area (Å²) in [6, 6.07) is 0. The molecular weight excluding hydrogens is 324 g/mol. The summed E-state index contributed by atoms with van der Waals surface area (Å²) in [4.78, 5) is 24.9. The quantitative estimate of drug-likeness (QED) is 0.458. The average Bonchev–Trinajstić information content (AvgIpc) is 3.23. The molecule has 3 fully saturated rings. The number of carbonyl (C=O) groups excluding carboxylic acids is 2. The van der Waals surface area contributed by atoms with Gasteiger partial charge in [-0.1, -0.05) is 26.0 Å². The van der Waals surface area contributed by atoms with Gasteiger partial charge in [-0.05, 0) is 18.9 Å². The molecule has 5 rings (SSSR count). The highest BCUT2D eigenvalue weighted by atomic mass is 16.7. The number of aliphatic hydroxyl groups excluding tert-OH is 1. The molecule has 3 heterocycles. The minimum atomic E-state index is -0.775. The number of esters is 2. The molecule has 8 unspecified atom stereocenters. The highest BCUT2D eigenvalue weighted by molar-refractivity contribution is 5.88. The largest absolute Gasteiger partial charge is 0.458 e.